The zero-order chi connectivity index (χ0) is 33.6. The van der Waals surface area contributed by atoms with Gasteiger partial charge in [0.2, 0.25) is 11.1 Å². The summed E-state index contributed by atoms with van der Waals surface area (Å²) in [6, 6.07) is 23.3. The van der Waals surface area contributed by atoms with Crippen molar-refractivity contribution < 1.29 is 33.7 Å². The fourth-order valence-electron chi connectivity index (χ4n) is 5.64. The van der Waals surface area contributed by atoms with E-state index in [1.54, 1.807) is 11.7 Å². The van der Waals surface area contributed by atoms with Crippen LogP contribution in [0.5, 0.6) is 0 Å². The van der Waals surface area contributed by atoms with E-state index in [4.69, 9.17) is 14.2 Å². The monoisotopic (exact) mass is 672 g/mol. The molecule has 3 aromatic carbocycles. The first-order valence-electron chi connectivity index (χ1n) is 15.5. The number of nitrogens with zero attached hydrogens (tertiary/aromatic N) is 5. The van der Waals surface area contributed by atoms with Crippen LogP contribution in [0.1, 0.15) is 53.6 Å². The van der Waals surface area contributed by atoms with E-state index >= 15 is 0 Å². The summed E-state index contributed by atoms with van der Waals surface area (Å²) >= 11 is 1.50. The Morgan fingerprint density at radius 2 is 1.69 bits per heavy atom. The molecular formula is C34H36N6O7S. The maximum absolute atomic E-state index is 13.1. The number of benzene rings is 3. The fourth-order valence-corrected chi connectivity index (χ4v) is 6.65. The maximum atomic E-state index is 13.1. The van der Waals surface area contributed by atoms with Gasteiger partial charge in [-0.25, -0.2) is 9.48 Å². The highest BCUT2D eigenvalue weighted by molar-refractivity contribution is 7.99. The van der Waals surface area contributed by atoms with Gasteiger partial charge < -0.3 is 24.6 Å². The number of alkyl carbamates (subject to hydrolysis) is 1. The molecule has 6 rings (SSSR count). The lowest BCUT2D eigenvalue weighted by molar-refractivity contribution is -0.268. The summed E-state index contributed by atoms with van der Waals surface area (Å²) in [5.41, 5.74) is 4.10. The maximum Gasteiger partial charge on any atom is 0.408 e. The number of aromatic nitrogens is 4. The number of carbonyl (C=O) groups excluding carboxylic acids is 3. The summed E-state index contributed by atoms with van der Waals surface area (Å²) in [5, 5.41) is 24.4. The summed E-state index contributed by atoms with van der Waals surface area (Å²) in [6.07, 6.45) is -2.08. The van der Waals surface area contributed by atoms with Crippen LogP contribution in [0.2, 0.25) is 0 Å². The van der Waals surface area contributed by atoms with E-state index in [0.717, 1.165) is 32.7 Å². The summed E-state index contributed by atoms with van der Waals surface area (Å²) in [6.45, 7) is 2.15. The quantitative estimate of drug-likeness (QED) is 0.176. The molecule has 3 heterocycles. The van der Waals surface area contributed by atoms with E-state index in [9.17, 15) is 19.5 Å². The molecule has 2 fully saturated rings. The van der Waals surface area contributed by atoms with Crippen molar-refractivity contribution in [1.29, 1.82) is 0 Å². The second-order valence-corrected chi connectivity index (χ2v) is 12.7. The first-order chi connectivity index (χ1) is 23.3. The van der Waals surface area contributed by atoms with E-state index in [1.807, 2.05) is 78.9 Å². The van der Waals surface area contributed by atoms with E-state index < -0.39 is 24.3 Å². The standard InChI is InChI=1S/C34H36N6O7S/c1-21-28(20-48-33-36-37-38-39(33)2)46-32(47-30(21)25-12-10-23(18-41)11-13-25)26-14-8-22(9-15-26)17-40-29(42)16-27(31(40)43)35-34(44)45-19-24-6-4-3-5-7-24/h3-15,21,27-28,30,32,41H,16-20H2,1-2H3,(H,35,44). The molecule has 48 heavy (non-hydrogen) atoms. The van der Waals surface area contributed by atoms with Crippen LogP contribution in [0.25, 0.3) is 0 Å². The molecule has 0 bridgehead atoms. The van der Waals surface area contributed by atoms with Crippen LogP contribution in [0.3, 0.4) is 0 Å². The third kappa shape index (κ3) is 7.73. The van der Waals surface area contributed by atoms with Gasteiger partial charge in [-0.05, 0) is 32.7 Å². The Morgan fingerprint density at radius 1 is 0.979 bits per heavy atom. The number of rotatable bonds is 11. The summed E-state index contributed by atoms with van der Waals surface area (Å²) in [7, 11) is 1.79. The molecule has 5 unspecified atom stereocenters. The molecule has 3 amide bonds. The van der Waals surface area contributed by atoms with Crippen LogP contribution in [0.15, 0.2) is 84.0 Å². The van der Waals surface area contributed by atoms with Crippen molar-refractivity contribution in [2.75, 3.05) is 5.75 Å². The fraction of sp³-hybridized carbons (Fsp3) is 0.353. The highest BCUT2D eigenvalue weighted by Gasteiger charge is 2.41. The normalized spacial score (nSPS) is 22.6. The van der Waals surface area contributed by atoms with Crippen molar-refractivity contribution in [3.05, 3.63) is 107 Å². The Kier molecular flexibility index (Phi) is 10.4. The molecule has 5 atom stereocenters. The predicted octanol–water partition coefficient (Wildman–Crippen LogP) is 3.84. The number of thioether (sulfide) groups is 1. The molecule has 2 saturated heterocycles. The average molecular weight is 673 g/mol. The minimum Gasteiger partial charge on any atom is -0.445 e. The molecule has 2 aliphatic heterocycles. The number of tetrazole rings is 1. The molecule has 0 aliphatic carbocycles. The van der Waals surface area contributed by atoms with Crippen LogP contribution >= 0.6 is 11.8 Å². The number of amides is 3. The number of aliphatic hydroxyl groups excluding tert-OH is 1. The second kappa shape index (κ2) is 15.1. The highest BCUT2D eigenvalue weighted by Crippen LogP contribution is 2.43. The topological polar surface area (TPSA) is 158 Å². The molecule has 2 N–H and O–H groups in total. The van der Waals surface area contributed by atoms with Gasteiger partial charge >= 0.3 is 6.09 Å². The van der Waals surface area contributed by atoms with Crippen LogP contribution in [0.4, 0.5) is 4.79 Å². The Labute approximate surface area is 281 Å². The van der Waals surface area contributed by atoms with Gasteiger partial charge in [0.15, 0.2) is 6.29 Å². The van der Waals surface area contributed by atoms with Gasteiger partial charge in [-0.15, -0.1) is 5.10 Å². The third-order valence-corrected chi connectivity index (χ3v) is 9.52. The van der Waals surface area contributed by atoms with Crippen LogP contribution < -0.4 is 5.32 Å². The van der Waals surface area contributed by atoms with Gasteiger partial charge in [0.05, 0.1) is 31.8 Å². The lowest BCUT2D eigenvalue weighted by Gasteiger charge is -2.41. The Bertz CT molecular complexity index is 1720. The molecule has 2 aliphatic rings. The number of likely N-dealkylation sites (tertiary alicyclic amines) is 1. The molecule has 4 aromatic rings. The summed E-state index contributed by atoms with van der Waals surface area (Å²) in [5.74, 6) is -0.285. The lowest BCUT2D eigenvalue weighted by Crippen LogP contribution is -2.41. The number of aryl methyl sites for hydroxylation is 1. The molecule has 0 saturated carbocycles. The number of ether oxygens (including phenoxy) is 3. The van der Waals surface area contributed by atoms with Gasteiger partial charge in [-0.1, -0.05) is 97.5 Å². The number of carbonyl (C=O) groups is 3. The molecule has 1 aromatic heterocycles. The molecule has 14 heteroatoms. The number of imide groups is 1. The van der Waals surface area contributed by atoms with E-state index in [2.05, 4.69) is 27.8 Å². The van der Waals surface area contributed by atoms with Crippen LogP contribution in [-0.2, 0) is 50.6 Å². The Balaban J connectivity index is 1.10. The number of hydrogen-bond acceptors (Lipinski definition) is 11. The summed E-state index contributed by atoms with van der Waals surface area (Å²) < 4.78 is 19.9. The second-order valence-electron chi connectivity index (χ2n) is 11.7. The van der Waals surface area contributed by atoms with Crippen molar-refractivity contribution in [3.63, 3.8) is 0 Å². The SMILES string of the molecule is CC1C(CSc2nnnn2C)OC(c2ccc(CN3C(=O)CC(NC(=O)OCc4ccccc4)C3=O)cc2)OC1c1ccc(CO)cc1. The van der Waals surface area contributed by atoms with Crippen LogP contribution in [0, 0.1) is 5.92 Å². The van der Waals surface area contributed by atoms with Gasteiger partial charge in [0, 0.05) is 24.3 Å². The Morgan fingerprint density at radius 3 is 2.38 bits per heavy atom. The first-order valence-corrected chi connectivity index (χ1v) is 16.5. The van der Waals surface area contributed by atoms with Gasteiger partial charge in [-0.3, -0.25) is 14.5 Å². The van der Waals surface area contributed by atoms with Gasteiger partial charge in [0.1, 0.15) is 12.6 Å². The van der Waals surface area contributed by atoms with Crippen molar-refractivity contribution in [3.8, 4) is 0 Å². The van der Waals surface area contributed by atoms with Gasteiger partial charge in [-0.2, -0.15) is 0 Å². The highest BCUT2D eigenvalue weighted by atomic mass is 32.2. The predicted molar refractivity (Wildman–Crippen MR) is 173 cm³/mol. The summed E-state index contributed by atoms with van der Waals surface area (Å²) in [4.78, 5) is 39.3. The molecule has 0 spiro atoms. The zero-order valence-electron chi connectivity index (χ0n) is 26.5. The minimum absolute atomic E-state index is 0.0152. The zero-order valence-corrected chi connectivity index (χ0v) is 27.3. The molecular weight excluding hydrogens is 636 g/mol. The third-order valence-electron chi connectivity index (χ3n) is 8.42. The van der Waals surface area contributed by atoms with E-state index in [0.29, 0.717) is 10.9 Å². The van der Waals surface area contributed by atoms with Gasteiger partial charge in [0.25, 0.3) is 5.91 Å². The largest absolute Gasteiger partial charge is 0.445 e. The van der Waals surface area contributed by atoms with Crippen LogP contribution in [-0.4, -0.2) is 66.0 Å². The Hall–Kier alpha value is -4.63. The molecule has 13 nitrogen and oxygen atoms in total. The molecule has 250 valence electrons. The first kappa shape index (κ1) is 33.3. The number of aliphatic hydroxyl groups is 1. The van der Waals surface area contributed by atoms with Crippen molar-refractivity contribution in [2.45, 2.75) is 62.8 Å². The smallest absolute Gasteiger partial charge is 0.408 e. The average Bonchev–Trinajstić information content (AvgIpc) is 3.64. The van der Waals surface area contributed by atoms with E-state index in [-0.39, 0.29) is 50.2 Å². The lowest BCUT2D eigenvalue weighted by atomic mass is 9.91. The van der Waals surface area contributed by atoms with Crippen molar-refractivity contribution >= 4 is 29.7 Å². The number of nitrogens with one attached hydrogen (secondary N) is 1. The van der Waals surface area contributed by atoms with E-state index in [1.165, 1.54) is 11.8 Å². The van der Waals surface area contributed by atoms with Crippen molar-refractivity contribution in [1.82, 2.24) is 30.4 Å². The minimum atomic E-state index is -0.985. The number of hydrogen-bond donors (Lipinski definition) is 2. The van der Waals surface area contributed by atoms with Crippen molar-refractivity contribution in [2.24, 2.45) is 13.0 Å². The molecule has 0 radical (unpaired) electrons.